The Kier molecular flexibility index (Phi) is 8.33. The fourth-order valence-corrected chi connectivity index (χ4v) is 7.49. The third-order valence-electron chi connectivity index (χ3n) is 8.03. The van der Waals surface area contributed by atoms with Gasteiger partial charge in [0.25, 0.3) is 5.56 Å². The third-order valence-corrected chi connectivity index (χ3v) is 9.60. The molecule has 238 valence electrons. The molecule has 0 saturated carbocycles. The van der Waals surface area contributed by atoms with Gasteiger partial charge in [-0.3, -0.25) is 9.36 Å². The normalized spacial score (nSPS) is 15.4. The molecule has 0 unspecified atom stereocenters. The van der Waals surface area contributed by atoms with Gasteiger partial charge in [0, 0.05) is 0 Å². The van der Waals surface area contributed by atoms with Crippen molar-refractivity contribution < 1.29 is 28.5 Å². The number of thiazole rings is 1. The Bertz CT molecular complexity index is 2270. The minimum Gasteiger partial charge on any atom is -0.493 e. The second-order valence-electron chi connectivity index (χ2n) is 10.9. The number of carbonyl (C=O) groups is 1. The van der Waals surface area contributed by atoms with E-state index in [0.717, 1.165) is 21.9 Å². The number of hydrogen-bond acceptors (Lipinski definition) is 9. The SMILES string of the molecule is CCOC(=O)C1=C(C)N=c2sc(=Cc3cc(Br)c(OCc4cccc5ccccc45)c(OC)c3)c(=O)n2[C@@H]1c1ccc2c(c1)OCO2. The Morgan fingerprint density at radius 1 is 1.09 bits per heavy atom. The molecule has 3 heterocycles. The number of ether oxygens (including phenoxy) is 5. The smallest absolute Gasteiger partial charge is 0.338 e. The van der Waals surface area contributed by atoms with E-state index < -0.39 is 12.0 Å². The maximum Gasteiger partial charge on any atom is 0.338 e. The summed E-state index contributed by atoms with van der Waals surface area (Å²) < 4.78 is 31.2. The molecule has 0 radical (unpaired) electrons. The van der Waals surface area contributed by atoms with E-state index in [1.165, 1.54) is 11.3 Å². The van der Waals surface area contributed by atoms with Gasteiger partial charge in [-0.15, -0.1) is 0 Å². The lowest BCUT2D eigenvalue weighted by atomic mass is 9.95. The number of allylic oxidation sites excluding steroid dienone is 1. The van der Waals surface area contributed by atoms with Crippen LogP contribution in [0.2, 0.25) is 0 Å². The minimum atomic E-state index is -0.770. The fraction of sp³-hybridized carbons (Fsp3) is 0.194. The van der Waals surface area contributed by atoms with Gasteiger partial charge < -0.3 is 23.7 Å². The van der Waals surface area contributed by atoms with Crippen molar-refractivity contribution >= 4 is 50.1 Å². The first-order valence-corrected chi connectivity index (χ1v) is 16.5. The molecule has 7 rings (SSSR count). The van der Waals surface area contributed by atoms with Crippen molar-refractivity contribution in [2.75, 3.05) is 20.5 Å². The van der Waals surface area contributed by atoms with Crippen LogP contribution >= 0.6 is 27.3 Å². The van der Waals surface area contributed by atoms with Gasteiger partial charge >= 0.3 is 5.97 Å². The van der Waals surface area contributed by atoms with E-state index in [9.17, 15) is 9.59 Å². The lowest BCUT2D eigenvalue weighted by Crippen LogP contribution is -2.39. The maximum absolute atomic E-state index is 14.1. The van der Waals surface area contributed by atoms with Gasteiger partial charge in [-0.05, 0) is 87.6 Å². The zero-order valence-electron chi connectivity index (χ0n) is 25.7. The van der Waals surface area contributed by atoms with E-state index in [1.807, 2.05) is 42.5 Å². The summed E-state index contributed by atoms with van der Waals surface area (Å²) in [5.41, 5.74) is 2.93. The van der Waals surface area contributed by atoms with Gasteiger partial charge in [-0.2, -0.15) is 0 Å². The first-order chi connectivity index (χ1) is 22.9. The first kappa shape index (κ1) is 30.8. The summed E-state index contributed by atoms with van der Waals surface area (Å²) in [6.45, 7) is 4.13. The summed E-state index contributed by atoms with van der Waals surface area (Å²) in [5, 5.41) is 2.26. The Balaban J connectivity index is 1.27. The Morgan fingerprint density at radius 3 is 2.72 bits per heavy atom. The molecule has 1 atom stereocenters. The third kappa shape index (κ3) is 5.70. The van der Waals surface area contributed by atoms with Gasteiger partial charge in [0.2, 0.25) is 6.79 Å². The molecular formula is C36H29BrN2O7S. The molecule has 9 nitrogen and oxygen atoms in total. The number of esters is 1. The van der Waals surface area contributed by atoms with Crippen molar-refractivity contribution in [2.24, 2.45) is 4.99 Å². The molecule has 1 aromatic heterocycles. The average Bonchev–Trinajstić information content (AvgIpc) is 3.66. The predicted octanol–water partition coefficient (Wildman–Crippen LogP) is 6.03. The molecule has 0 saturated heterocycles. The topological polar surface area (TPSA) is 97.6 Å². The van der Waals surface area contributed by atoms with Gasteiger partial charge in [0.1, 0.15) is 6.61 Å². The minimum absolute atomic E-state index is 0.104. The van der Waals surface area contributed by atoms with Gasteiger partial charge in [-0.1, -0.05) is 59.9 Å². The molecule has 0 spiro atoms. The number of hydrogen-bond donors (Lipinski definition) is 0. The number of methoxy groups -OCH3 is 1. The molecule has 0 fully saturated rings. The molecule has 11 heteroatoms. The van der Waals surface area contributed by atoms with Crippen LogP contribution in [0, 0.1) is 0 Å². The highest BCUT2D eigenvalue weighted by Gasteiger charge is 2.34. The standard InChI is InChI=1S/C36H29BrN2O7S/c1-4-43-35(41)31-20(2)38-36-39(32(31)23-12-13-27-28(17-23)46-19-45-27)34(40)30(47-36)16-21-14-26(37)33(29(15-21)42-3)44-18-24-10-7-9-22-8-5-6-11-25(22)24/h5-17,32H,4,18-19H2,1-3H3/t32-/m1/s1. The highest BCUT2D eigenvalue weighted by Crippen LogP contribution is 2.39. The summed E-state index contributed by atoms with van der Waals surface area (Å²) in [5.74, 6) is 1.68. The monoisotopic (exact) mass is 712 g/mol. The Morgan fingerprint density at radius 2 is 1.89 bits per heavy atom. The summed E-state index contributed by atoms with van der Waals surface area (Å²) in [6.07, 6.45) is 1.78. The van der Waals surface area contributed by atoms with E-state index in [-0.39, 0.29) is 19.0 Å². The van der Waals surface area contributed by atoms with Crippen LogP contribution in [0.3, 0.4) is 0 Å². The number of benzene rings is 4. The van der Waals surface area contributed by atoms with Crippen LogP contribution < -0.4 is 33.8 Å². The maximum atomic E-state index is 14.1. The molecule has 4 aromatic carbocycles. The largest absolute Gasteiger partial charge is 0.493 e. The number of nitrogens with zero attached hydrogens (tertiary/aromatic N) is 2. The Hall–Kier alpha value is -4.87. The summed E-state index contributed by atoms with van der Waals surface area (Å²) in [4.78, 5) is 32.5. The molecule has 2 aliphatic rings. The van der Waals surface area contributed by atoms with Crippen molar-refractivity contribution in [1.82, 2.24) is 4.57 Å². The van der Waals surface area contributed by atoms with Crippen molar-refractivity contribution in [3.63, 3.8) is 0 Å². The van der Waals surface area contributed by atoms with Crippen LogP contribution in [-0.2, 0) is 16.1 Å². The number of rotatable bonds is 8. The predicted molar refractivity (Wildman–Crippen MR) is 182 cm³/mol. The molecule has 0 bridgehead atoms. The molecule has 5 aromatic rings. The number of halogens is 1. The second-order valence-corrected chi connectivity index (χ2v) is 12.7. The van der Waals surface area contributed by atoms with E-state index in [2.05, 4.69) is 39.1 Å². The van der Waals surface area contributed by atoms with E-state index in [4.69, 9.17) is 23.7 Å². The summed E-state index contributed by atoms with van der Waals surface area (Å²) >= 11 is 4.90. The summed E-state index contributed by atoms with van der Waals surface area (Å²) in [7, 11) is 1.58. The average molecular weight is 714 g/mol. The van der Waals surface area contributed by atoms with Crippen LogP contribution in [0.4, 0.5) is 0 Å². The van der Waals surface area contributed by atoms with E-state index in [0.29, 0.717) is 60.2 Å². The van der Waals surface area contributed by atoms with Gasteiger partial charge in [0.05, 0.1) is 40.0 Å². The second kappa shape index (κ2) is 12.7. The van der Waals surface area contributed by atoms with Crippen LogP contribution in [-0.4, -0.2) is 31.0 Å². The van der Waals surface area contributed by atoms with Crippen LogP contribution in [0.1, 0.15) is 36.6 Å². The fourth-order valence-electron chi connectivity index (χ4n) is 5.87. The van der Waals surface area contributed by atoms with Crippen molar-refractivity contribution in [3.8, 4) is 23.0 Å². The molecule has 0 aliphatic carbocycles. The van der Waals surface area contributed by atoms with Crippen molar-refractivity contribution in [3.05, 3.63) is 125 Å². The first-order valence-electron chi connectivity index (χ1n) is 14.9. The number of carbonyl (C=O) groups excluding carboxylic acids is 1. The molecule has 2 aliphatic heterocycles. The highest BCUT2D eigenvalue weighted by molar-refractivity contribution is 9.10. The van der Waals surface area contributed by atoms with Crippen molar-refractivity contribution in [1.29, 1.82) is 0 Å². The lowest BCUT2D eigenvalue weighted by molar-refractivity contribution is -0.139. The number of fused-ring (bicyclic) bond motifs is 3. The van der Waals surface area contributed by atoms with Crippen LogP contribution in [0.25, 0.3) is 16.8 Å². The quantitative estimate of drug-likeness (QED) is 0.181. The van der Waals surface area contributed by atoms with E-state index >= 15 is 0 Å². The molecule has 0 amide bonds. The van der Waals surface area contributed by atoms with Gasteiger partial charge in [-0.25, -0.2) is 9.79 Å². The lowest BCUT2D eigenvalue weighted by Gasteiger charge is -2.24. The molecule has 47 heavy (non-hydrogen) atoms. The number of aromatic nitrogens is 1. The van der Waals surface area contributed by atoms with E-state index in [1.54, 1.807) is 43.7 Å². The molecule has 0 N–H and O–H groups in total. The Labute approximate surface area is 282 Å². The summed E-state index contributed by atoms with van der Waals surface area (Å²) in [6, 6.07) is 22.6. The van der Waals surface area contributed by atoms with Crippen LogP contribution in [0.5, 0.6) is 23.0 Å². The zero-order chi connectivity index (χ0) is 32.7. The molecular weight excluding hydrogens is 684 g/mol. The highest BCUT2D eigenvalue weighted by atomic mass is 79.9. The van der Waals surface area contributed by atoms with Crippen molar-refractivity contribution in [2.45, 2.75) is 26.5 Å². The van der Waals surface area contributed by atoms with Crippen LogP contribution in [0.15, 0.2) is 98.3 Å². The van der Waals surface area contributed by atoms with Gasteiger partial charge in [0.15, 0.2) is 27.8 Å². The zero-order valence-corrected chi connectivity index (χ0v) is 28.1.